The second kappa shape index (κ2) is 21.2. The van der Waals surface area contributed by atoms with Crippen LogP contribution in [-0.2, 0) is 12.8 Å². The van der Waals surface area contributed by atoms with E-state index in [1.54, 1.807) is 22.7 Å². The highest BCUT2D eigenvalue weighted by atomic mass is 79.9. The van der Waals surface area contributed by atoms with Crippen molar-refractivity contribution in [3.8, 4) is 64.3 Å². The van der Waals surface area contributed by atoms with E-state index in [0.29, 0.717) is 0 Å². The number of nitrogens with zero attached hydrogens (tertiary/aromatic N) is 2. The number of fused-ring (bicyclic) bond motifs is 1. The number of hydrogen-bond acceptors (Lipinski definition) is 6. The molecule has 0 aliphatic rings. The van der Waals surface area contributed by atoms with Crippen molar-refractivity contribution in [3.63, 3.8) is 0 Å². The minimum Gasteiger partial charge on any atom is -0.243 e. The lowest BCUT2D eigenvalue weighted by atomic mass is 9.99. The van der Waals surface area contributed by atoms with E-state index in [1.807, 2.05) is 22.7 Å². The number of unbranched alkanes of at least 4 members (excludes halogenated alkanes) is 10. The Morgan fingerprint density at radius 2 is 0.800 bits per heavy atom. The molecule has 0 saturated heterocycles. The molecule has 0 radical (unpaired) electrons. The van der Waals surface area contributed by atoms with Crippen LogP contribution < -0.4 is 0 Å². The number of halogens is 2. The lowest BCUT2D eigenvalue weighted by Gasteiger charge is -2.15. The van der Waals surface area contributed by atoms with Crippen LogP contribution in [0.3, 0.4) is 0 Å². The maximum atomic E-state index is 5.63. The van der Waals surface area contributed by atoms with E-state index in [-0.39, 0.29) is 0 Å². The predicted octanol–water partition coefficient (Wildman–Crippen LogP) is 19.2. The van der Waals surface area contributed by atoms with Crippen molar-refractivity contribution in [3.05, 3.63) is 127 Å². The zero-order chi connectivity index (χ0) is 41.3. The van der Waals surface area contributed by atoms with Crippen LogP contribution >= 0.6 is 77.2 Å². The highest BCUT2D eigenvalue weighted by Gasteiger charge is 2.21. The molecular weight excluding hydrogens is 941 g/mol. The van der Waals surface area contributed by atoms with Crippen molar-refractivity contribution in [2.45, 2.75) is 104 Å². The molecule has 0 fully saturated rings. The SMILES string of the molecule is CCCCCCCCc1csc(-c2ccc(-c3nc4c(-c5ccc(Br)s5)ccc(-c5ccc(Br)s5)c4nc3-c3ccc(-c4cc(CCCCCCCC)cs4)cc3)cc2)c1. The maximum Gasteiger partial charge on any atom is 0.0988 e. The zero-order valence-electron chi connectivity index (χ0n) is 34.6. The Hall–Kier alpha value is -3.24. The molecule has 3 aromatic carbocycles. The van der Waals surface area contributed by atoms with Gasteiger partial charge in [-0.3, -0.25) is 0 Å². The molecule has 8 rings (SSSR count). The van der Waals surface area contributed by atoms with E-state index in [1.165, 1.54) is 119 Å². The highest BCUT2D eigenvalue weighted by molar-refractivity contribution is 9.11. The molecule has 60 heavy (non-hydrogen) atoms. The van der Waals surface area contributed by atoms with Crippen LogP contribution in [-0.4, -0.2) is 9.97 Å². The van der Waals surface area contributed by atoms with Crippen LogP contribution in [0, 0.1) is 0 Å². The fourth-order valence-electron chi connectivity index (χ4n) is 7.97. The fourth-order valence-corrected chi connectivity index (χ4v) is 12.7. The van der Waals surface area contributed by atoms with Crippen LogP contribution in [0.25, 0.3) is 75.3 Å². The Labute approximate surface area is 389 Å². The average Bonchev–Trinajstić information content (AvgIpc) is 4.12. The lowest BCUT2D eigenvalue weighted by molar-refractivity contribution is 0.608. The first-order valence-corrected chi connectivity index (χ1v) is 26.7. The molecule has 0 amide bonds. The molecule has 0 bridgehead atoms. The Morgan fingerprint density at radius 1 is 0.417 bits per heavy atom. The summed E-state index contributed by atoms with van der Waals surface area (Å²) in [5.41, 5.74) is 13.4. The molecule has 0 spiro atoms. The number of aryl methyl sites for hydroxylation is 2. The summed E-state index contributed by atoms with van der Waals surface area (Å²) >= 11 is 14.6. The molecule has 0 N–H and O–H groups in total. The van der Waals surface area contributed by atoms with Crippen LogP contribution in [0.1, 0.15) is 102 Å². The monoisotopic (exact) mass is 990 g/mol. The molecule has 5 heterocycles. The van der Waals surface area contributed by atoms with Crippen molar-refractivity contribution < 1.29 is 0 Å². The van der Waals surface area contributed by atoms with Crippen LogP contribution in [0.15, 0.2) is 115 Å². The second-order valence-electron chi connectivity index (χ2n) is 15.8. The van der Waals surface area contributed by atoms with Crippen molar-refractivity contribution >= 4 is 88.2 Å². The topological polar surface area (TPSA) is 25.8 Å². The van der Waals surface area contributed by atoms with Gasteiger partial charge in [0.15, 0.2) is 0 Å². The summed E-state index contributed by atoms with van der Waals surface area (Å²) in [4.78, 5) is 16.2. The highest BCUT2D eigenvalue weighted by Crippen LogP contribution is 2.43. The number of rotatable bonds is 20. The molecule has 5 aromatic heterocycles. The van der Waals surface area contributed by atoms with Gasteiger partial charge in [0.25, 0.3) is 0 Å². The molecule has 8 aromatic rings. The Kier molecular flexibility index (Phi) is 15.4. The van der Waals surface area contributed by atoms with Gasteiger partial charge in [0, 0.05) is 41.8 Å². The molecule has 0 aliphatic carbocycles. The van der Waals surface area contributed by atoms with E-state index < -0.39 is 0 Å². The quantitative estimate of drug-likeness (QED) is 0.0711. The van der Waals surface area contributed by atoms with Crippen molar-refractivity contribution in [2.75, 3.05) is 0 Å². The first-order valence-electron chi connectivity index (χ1n) is 21.7. The molecular formula is C52H52Br2N2S4. The van der Waals surface area contributed by atoms with E-state index >= 15 is 0 Å². The molecule has 0 unspecified atom stereocenters. The fraction of sp³-hybridized carbons (Fsp3) is 0.308. The summed E-state index contributed by atoms with van der Waals surface area (Å²) < 4.78 is 2.20. The minimum atomic E-state index is 0.899. The summed E-state index contributed by atoms with van der Waals surface area (Å²) in [6, 6.07) is 35.9. The number of thiophene rings is 4. The molecule has 0 aliphatic heterocycles. The largest absolute Gasteiger partial charge is 0.243 e. The predicted molar refractivity (Wildman–Crippen MR) is 273 cm³/mol. The number of benzene rings is 3. The third-order valence-corrected chi connectivity index (χ3v) is 16.7. The van der Waals surface area contributed by atoms with Crippen molar-refractivity contribution in [1.82, 2.24) is 9.97 Å². The second-order valence-corrected chi connectivity index (χ2v) is 22.6. The lowest BCUT2D eigenvalue weighted by Crippen LogP contribution is -1.98. The van der Waals surface area contributed by atoms with E-state index in [0.717, 1.165) is 65.1 Å². The van der Waals surface area contributed by atoms with Gasteiger partial charge >= 0.3 is 0 Å². The van der Waals surface area contributed by atoms with E-state index in [4.69, 9.17) is 9.97 Å². The van der Waals surface area contributed by atoms with Crippen molar-refractivity contribution in [1.29, 1.82) is 0 Å². The summed E-state index contributed by atoms with van der Waals surface area (Å²) in [5.74, 6) is 0. The van der Waals surface area contributed by atoms with Gasteiger partial charge in [0.05, 0.1) is 30.0 Å². The van der Waals surface area contributed by atoms with Crippen LogP contribution in [0.4, 0.5) is 0 Å². The van der Waals surface area contributed by atoms with Crippen LogP contribution in [0.5, 0.6) is 0 Å². The van der Waals surface area contributed by atoms with Gasteiger partial charge in [-0.25, -0.2) is 9.97 Å². The standard InChI is InChI=1S/C52H52Br2N2S4/c1-3-5-7-9-11-13-15-35-31-45(57-33-35)37-17-21-39(22-18-37)49-50(40-23-19-38(20-24-40)46-32-36(34-58-46)16-14-12-10-8-6-4-2)56-52-42(44-28-30-48(54)60-44)26-25-41(51(52)55-49)43-27-29-47(53)59-43/h17-34H,3-16H2,1-2H3. The maximum absolute atomic E-state index is 5.63. The van der Waals surface area contributed by atoms with E-state index in [9.17, 15) is 0 Å². The summed E-state index contributed by atoms with van der Waals surface area (Å²) in [7, 11) is 0. The Morgan fingerprint density at radius 3 is 1.18 bits per heavy atom. The smallest absolute Gasteiger partial charge is 0.0988 e. The summed E-state index contributed by atoms with van der Waals surface area (Å²) in [6.07, 6.45) is 18.3. The summed E-state index contributed by atoms with van der Waals surface area (Å²) in [5, 5.41) is 4.71. The number of hydrogen-bond donors (Lipinski definition) is 0. The Bertz CT molecular complexity index is 2430. The van der Waals surface area contributed by atoms with E-state index in [2.05, 4.69) is 154 Å². The molecule has 0 atom stereocenters. The van der Waals surface area contributed by atoms with Gasteiger partial charge in [-0.2, -0.15) is 0 Å². The Balaban J connectivity index is 1.14. The molecule has 8 heteroatoms. The number of aromatic nitrogens is 2. The summed E-state index contributed by atoms with van der Waals surface area (Å²) in [6.45, 7) is 4.57. The minimum absolute atomic E-state index is 0.899. The molecule has 2 nitrogen and oxygen atoms in total. The third kappa shape index (κ3) is 10.7. The molecule has 0 saturated carbocycles. The van der Waals surface area contributed by atoms with Gasteiger partial charge in [-0.15, -0.1) is 45.3 Å². The van der Waals surface area contributed by atoms with Gasteiger partial charge in [0.2, 0.25) is 0 Å². The van der Waals surface area contributed by atoms with Crippen LogP contribution in [0.2, 0.25) is 0 Å². The van der Waals surface area contributed by atoms with Gasteiger partial charge in [-0.05, 0) is 127 Å². The first kappa shape index (κ1) is 43.4. The normalized spacial score (nSPS) is 11.6. The van der Waals surface area contributed by atoms with Gasteiger partial charge < -0.3 is 0 Å². The average molecular weight is 993 g/mol. The van der Waals surface area contributed by atoms with Crippen molar-refractivity contribution in [2.24, 2.45) is 0 Å². The van der Waals surface area contributed by atoms with Gasteiger partial charge in [-0.1, -0.05) is 139 Å². The first-order chi connectivity index (χ1) is 29.5. The zero-order valence-corrected chi connectivity index (χ0v) is 41.0. The van der Waals surface area contributed by atoms with Gasteiger partial charge in [0.1, 0.15) is 0 Å². The third-order valence-electron chi connectivity index (χ3n) is 11.3. The molecule has 308 valence electrons.